The van der Waals surface area contributed by atoms with E-state index in [-0.39, 0.29) is 22.3 Å². The summed E-state index contributed by atoms with van der Waals surface area (Å²) >= 11 is 0. The SMILES string of the molecule is Cc1ccc(C(=O)N[C@@H](C)c2ccc(F)cc2)cc1S(=O)(=O)Nc1ccccc1. The predicted octanol–water partition coefficient (Wildman–Crippen LogP) is 4.43. The number of aryl methyl sites for hydroxylation is 1. The zero-order valence-electron chi connectivity index (χ0n) is 16.0. The van der Waals surface area contributed by atoms with E-state index >= 15 is 0 Å². The molecule has 0 aliphatic heterocycles. The number of benzene rings is 3. The van der Waals surface area contributed by atoms with Crippen LogP contribution in [0.4, 0.5) is 10.1 Å². The minimum atomic E-state index is -3.86. The van der Waals surface area contributed by atoms with E-state index in [0.717, 1.165) is 5.56 Å². The van der Waals surface area contributed by atoms with Crippen LogP contribution < -0.4 is 10.0 Å². The lowest BCUT2D eigenvalue weighted by Gasteiger charge is -2.16. The second kappa shape index (κ2) is 8.45. The standard InChI is InChI=1S/C22H21FN2O3S/c1-15-8-9-18(22(26)24-16(2)17-10-12-19(23)13-11-17)14-21(15)29(27,28)25-20-6-4-3-5-7-20/h3-14,16,25H,1-2H3,(H,24,26)/t16-/m0/s1. The van der Waals surface area contributed by atoms with Gasteiger partial charge in [0.2, 0.25) is 0 Å². The maximum absolute atomic E-state index is 13.1. The molecule has 0 unspecified atom stereocenters. The predicted molar refractivity (Wildman–Crippen MR) is 111 cm³/mol. The van der Waals surface area contributed by atoms with E-state index < -0.39 is 15.9 Å². The number of rotatable bonds is 6. The fourth-order valence-electron chi connectivity index (χ4n) is 2.86. The second-order valence-corrected chi connectivity index (χ2v) is 8.35. The number of anilines is 1. The summed E-state index contributed by atoms with van der Waals surface area (Å²) < 4.78 is 41.2. The molecule has 0 fully saturated rings. The van der Waals surface area contributed by atoms with Crippen LogP contribution in [0.2, 0.25) is 0 Å². The Morgan fingerprint density at radius 1 is 0.966 bits per heavy atom. The molecule has 0 heterocycles. The number of para-hydroxylation sites is 1. The molecule has 1 amide bonds. The zero-order valence-corrected chi connectivity index (χ0v) is 16.8. The molecule has 3 aromatic carbocycles. The third-order valence-corrected chi connectivity index (χ3v) is 6.01. The average Bonchev–Trinajstić information content (AvgIpc) is 2.69. The molecule has 0 aliphatic carbocycles. The highest BCUT2D eigenvalue weighted by Gasteiger charge is 2.20. The van der Waals surface area contributed by atoms with Gasteiger partial charge >= 0.3 is 0 Å². The van der Waals surface area contributed by atoms with Gasteiger partial charge in [0.05, 0.1) is 10.9 Å². The van der Waals surface area contributed by atoms with Crippen LogP contribution in [0.5, 0.6) is 0 Å². The maximum Gasteiger partial charge on any atom is 0.262 e. The molecule has 0 aromatic heterocycles. The van der Waals surface area contributed by atoms with Crippen molar-refractivity contribution in [1.29, 1.82) is 0 Å². The molecule has 0 saturated carbocycles. The minimum absolute atomic E-state index is 0.0310. The summed E-state index contributed by atoms with van der Waals surface area (Å²) in [6.07, 6.45) is 0. The molecular formula is C22H21FN2O3S. The van der Waals surface area contributed by atoms with Crippen molar-refractivity contribution >= 4 is 21.6 Å². The third kappa shape index (κ3) is 5.00. The molecule has 0 aliphatic rings. The summed E-state index contributed by atoms with van der Waals surface area (Å²) in [6.45, 7) is 3.44. The highest BCUT2D eigenvalue weighted by molar-refractivity contribution is 7.92. The molecule has 2 N–H and O–H groups in total. The first-order chi connectivity index (χ1) is 13.8. The van der Waals surface area contributed by atoms with Gasteiger partial charge in [-0.2, -0.15) is 0 Å². The van der Waals surface area contributed by atoms with Crippen molar-refractivity contribution in [3.63, 3.8) is 0 Å². The monoisotopic (exact) mass is 412 g/mol. The highest BCUT2D eigenvalue weighted by Crippen LogP contribution is 2.21. The summed E-state index contributed by atoms with van der Waals surface area (Å²) in [5.74, 6) is -0.774. The van der Waals surface area contributed by atoms with Gasteiger partial charge in [0, 0.05) is 11.3 Å². The van der Waals surface area contributed by atoms with Crippen molar-refractivity contribution in [2.45, 2.75) is 24.8 Å². The van der Waals surface area contributed by atoms with Crippen molar-refractivity contribution in [2.24, 2.45) is 0 Å². The Kier molecular flexibility index (Phi) is 5.98. The lowest BCUT2D eigenvalue weighted by atomic mass is 10.1. The Bertz CT molecular complexity index is 1110. The largest absolute Gasteiger partial charge is 0.346 e. The highest BCUT2D eigenvalue weighted by atomic mass is 32.2. The number of nitrogens with one attached hydrogen (secondary N) is 2. The number of halogens is 1. The molecular weight excluding hydrogens is 391 g/mol. The Labute approximate surface area is 169 Å². The summed E-state index contributed by atoms with van der Waals surface area (Å²) in [4.78, 5) is 12.7. The maximum atomic E-state index is 13.1. The number of hydrogen-bond acceptors (Lipinski definition) is 3. The van der Waals surface area contributed by atoms with Crippen molar-refractivity contribution in [1.82, 2.24) is 5.32 Å². The van der Waals surface area contributed by atoms with Gasteiger partial charge in [-0.05, 0) is 61.4 Å². The van der Waals surface area contributed by atoms with Gasteiger partial charge in [0.15, 0.2) is 0 Å². The molecule has 1 atom stereocenters. The van der Waals surface area contributed by atoms with E-state index in [2.05, 4.69) is 10.0 Å². The van der Waals surface area contributed by atoms with Gasteiger partial charge in [-0.25, -0.2) is 12.8 Å². The molecule has 5 nitrogen and oxygen atoms in total. The van der Waals surface area contributed by atoms with Crippen molar-refractivity contribution in [3.8, 4) is 0 Å². The topological polar surface area (TPSA) is 75.3 Å². The van der Waals surface area contributed by atoms with E-state index in [0.29, 0.717) is 11.3 Å². The van der Waals surface area contributed by atoms with Crippen LogP contribution in [-0.2, 0) is 10.0 Å². The fourth-order valence-corrected chi connectivity index (χ4v) is 4.19. The third-order valence-electron chi connectivity index (χ3n) is 4.48. The van der Waals surface area contributed by atoms with Gasteiger partial charge in [0.25, 0.3) is 15.9 Å². The second-order valence-electron chi connectivity index (χ2n) is 6.70. The number of hydrogen-bond donors (Lipinski definition) is 2. The van der Waals surface area contributed by atoms with Crippen LogP contribution in [0.3, 0.4) is 0 Å². The molecule has 0 spiro atoms. The van der Waals surface area contributed by atoms with Crippen molar-refractivity contribution < 1.29 is 17.6 Å². The van der Waals surface area contributed by atoms with Gasteiger partial charge in [-0.3, -0.25) is 9.52 Å². The molecule has 3 rings (SSSR count). The smallest absolute Gasteiger partial charge is 0.262 e. The van der Waals surface area contributed by atoms with E-state index in [9.17, 15) is 17.6 Å². The Balaban J connectivity index is 1.82. The number of carbonyl (C=O) groups is 1. The summed E-state index contributed by atoms with van der Waals surface area (Å²) in [6, 6.07) is 18.5. The van der Waals surface area contributed by atoms with Crippen molar-refractivity contribution in [2.75, 3.05) is 4.72 Å². The van der Waals surface area contributed by atoms with Gasteiger partial charge in [0.1, 0.15) is 5.82 Å². The minimum Gasteiger partial charge on any atom is -0.346 e. The molecule has 0 radical (unpaired) electrons. The van der Waals surface area contributed by atoms with Gasteiger partial charge < -0.3 is 5.32 Å². The average molecular weight is 412 g/mol. The Morgan fingerprint density at radius 3 is 2.28 bits per heavy atom. The molecule has 150 valence electrons. The lowest BCUT2D eigenvalue weighted by molar-refractivity contribution is 0.0939. The summed E-state index contributed by atoms with van der Waals surface area (Å²) in [7, 11) is -3.86. The van der Waals surface area contributed by atoms with E-state index in [4.69, 9.17) is 0 Å². The Morgan fingerprint density at radius 2 is 1.62 bits per heavy atom. The van der Waals surface area contributed by atoms with E-state index in [1.807, 2.05) is 0 Å². The quantitative estimate of drug-likeness (QED) is 0.629. The number of carbonyl (C=O) groups excluding carboxylic acids is 1. The van der Waals surface area contributed by atoms with E-state index in [1.54, 1.807) is 68.4 Å². The normalized spacial score (nSPS) is 12.2. The lowest BCUT2D eigenvalue weighted by Crippen LogP contribution is -2.27. The van der Waals surface area contributed by atoms with Crippen LogP contribution in [0.15, 0.2) is 77.7 Å². The molecule has 3 aromatic rings. The first-order valence-electron chi connectivity index (χ1n) is 9.01. The van der Waals surface area contributed by atoms with Crippen LogP contribution in [0.1, 0.15) is 34.5 Å². The molecule has 29 heavy (non-hydrogen) atoms. The number of sulfonamides is 1. The van der Waals surface area contributed by atoms with E-state index in [1.165, 1.54) is 18.2 Å². The summed E-state index contributed by atoms with van der Waals surface area (Å²) in [5, 5.41) is 2.80. The first-order valence-corrected chi connectivity index (χ1v) is 10.5. The van der Waals surface area contributed by atoms with Crippen LogP contribution in [0, 0.1) is 12.7 Å². The zero-order chi connectivity index (χ0) is 21.0. The molecule has 0 saturated heterocycles. The first kappa shape index (κ1) is 20.5. The summed E-state index contributed by atoms with van der Waals surface area (Å²) in [5.41, 5.74) is 1.92. The Hall–Kier alpha value is -3.19. The van der Waals surface area contributed by atoms with Crippen LogP contribution in [-0.4, -0.2) is 14.3 Å². The van der Waals surface area contributed by atoms with Gasteiger partial charge in [-0.1, -0.05) is 36.4 Å². The van der Waals surface area contributed by atoms with Crippen LogP contribution >= 0.6 is 0 Å². The van der Waals surface area contributed by atoms with Crippen molar-refractivity contribution in [3.05, 3.63) is 95.3 Å². The number of amides is 1. The molecule has 7 heteroatoms. The fraction of sp³-hybridized carbons (Fsp3) is 0.136. The van der Waals surface area contributed by atoms with Crippen LogP contribution in [0.25, 0.3) is 0 Å². The molecule has 0 bridgehead atoms. The van der Waals surface area contributed by atoms with Gasteiger partial charge in [-0.15, -0.1) is 0 Å².